The Labute approximate surface area is 118 Å². The molecule has 3 N–H and O–H groups in total. The first-order valence-corrected chi connectivity index (χ1v) is 5.77. The van der Waals surface area contributed by atoms with Crippen molar-refractivity contribution in [1.29, 1.82) is 5.41 Å². The van der Waals surface area contributed by atoms with Crippen molar-refractivity contribution in [3.8, 4) is 11.6 Å². The zero-order chi connectivity index (χ0) is 14.7. The Morgan fingerprint density at radius 3 is 2.75 bits per heavy atom. The van der Waals surface area contributed by atoms with E-state index < -0.39 is 4.92 Å². The summed E-state index contributed by atoms with van der Waals surface area (Å²) in [5.74, 6) is 0.297. The number of non-ortho nitro benzene ring substituents is 1. The molecule has 7 nitrogen and oxygen atoms in total. The first-order chi connectivity index (χ1) is 9.47. The van der Waals surface area contributed by atoms with E-state index in [9.17, 15) is 10.1 Å². The number of nitrogens with two attached hydrogens (primary N) is 1. The van der Waals surface area contributed by atoms with Gasteiger partial charge in [-0.2, -0.15) is 0 Å². The van der Waals surface area contributed by atoms with Gasteiger partial charge in [0.05, 0.1) is 9.95 Å². The average Bonchev–Trinajstić information content (AvgIpc) is 2.41. The summed E-state index contributed by atoms with van der Waals surface area (Å²) < 4.78 is 5.42. The Balaban J connectivity index is 2.28. The molecule has 0 aliphatic heterocycles. The van der Waals surface area contributed by atoms with Crippen LogP contribution in [-0.2, 0) is 0 Å². The third-order valence-corrected chi connectivity index (χ3v) is 2.68. The van der Waals surface area contributed by atoms with Crippen LogP contribution in [0.1, 0.15) is 5.56 Å². The minimum Gasteiger partial charge on any atom is -0.437 e. The van der Waals surface area contributed by atoms with Gasteiger partial charge in [-0.05, 0) is 12.1 Å². The fourth-order valence-electron chi connectivity index (χ4n) is 1.43. The van der Waals surface area contributed by atoms with Gasteiger partial charge in [-0.25, -0.2) is 4.98 Å². The Hall–Kier alpha value is -2.67. The van der Waals surface area contributed by atoms with E-state index in [1.165, 1.54) is 30.5 Å². The number of hydrogen-bond donors (Lipinski definition) is 2. The van der Waals surface area contributed by atoms with Crippen LogP contribution in [0.3, 0.4) is 0 Å². The van der Waals surface area contributed by atoms with Crippen molar-refractivity contribution in [2.45, 2.75) is 0 Å². The van der Waals surface area contributed by atoms with Gasteiger partial charge >= 0.3 is 0 Å². The standard InChI is InChI=1S/C12H9ClN4O3/c13-9-6-8(17(18)19)1-2-10(9)20-11-5-7(12(14)15)3-4-16-11/h1-6H,(H3,14,15). The fourth-order valence-corrected chi connectivity index (χ4v) is 1.64. The second-order valence-corrected chi connectivity index (χ2v) is 4.18. The number of nitrogens with one attached hydrogen (secondary N) is 1. The molecule has 0 fully saturated rings. The molecule has 102 valence electrons. The summed E-state index contributed by atoms with van der Waals surface area (Å²) in [5.41, 5.74) is 5.68. The van der Waals surface area contributed by atoms with E-state index in [2.05, 4.69) is 4.98 Å². The molecule has 2 rings (SSSR count). The molecule has 2 aromatic rings. The monoisotopic (exact) mass is 292 g/mol. The molecule has 0 radical (unpaired) electrons. The first kappa shape index (κ1) is 13.8. The molecule has 0 spiro atoms. The number of halogens is 1. The molecular weight excluding hydrogens is 284 g/mol. The molecule has 0 saturated carbocycles. The van der Waals surface area contributed by atoms with Crippen molar-refractivity contribution in [1.82, 2.24) is 4.98 Å². The number of amidine groups is 1. The van der Waals surface area contributed by atoms with Crippen molar-refractivity contribution in [3.63, 3.8) is 0 Å². The van der Waals surface area contributed by atoms with Crippen LogP contribution in [0, 0.1) is 15.5 Å². The molecule has 1 heterocycles. The Kier molecular flexibility index (Phi) is 3.81. The molecule has 0 amide bonds. The van der Waals surface area contributed by atoms with Crippen LogP contribution >= 0.6 is 11.6 Å². The first-order valence-electron chi connectivity index (χ1n) is 5.39. The van der Waals surface area contributed by atoms with Crippen LogP contribution in [0.25, 0.3) is 0 Å². The molecule has 20 heavy (non-hydrogen) atoms. The van der Waals surface area contributed by atoms with Crippen LogP contribution in [0.15, 0.2) is 36.5 Å². The van der Waals surface area contributed by atoms with E-state index in [0.717, 1.165) is 0 Å². The van der Waals surface area contributed by atoms with E-state index in [1.807, 2.05) is 0 Å². The maximum atomic E-state index is 10.6. The summed E-state index contributed by atoms with van der Waals surface area (Å²) in [6.45, 7) is 0. The summed E-state index contributed by atoms with van der Waals surface area (Å²) in [4.78, 5) is 14.0. The van der Waals surface area contributed by atoms with Crippen molar-refractivity contribution < 1.29 is 9.66 Å². The van der Waals surface area contributed by atoms with Gasteiger partial charge in [0.25, 0.3) is 5.69 Å². The Morgan fingerprint density at radius 2 is 2.15 bits per heavy atom. The molecule has 0 saturated heterocycles. The van der Waals surface area contributed by atoms with Gasteiger partial charge in [0, 0.05) is 30.0 Å². The van der Waals surface area contributed by atoms with Crippen LogP contribution in [0.4, 0.5) is 5.69 Å². The van der Waals surface area contributed by atoms with Gasteiger partial charge in [0.2, 0.25) is 5.88 Å². The van der Waals surface area contributed by atoms with Crippen LogP contribution in [0.2, 0.25) is 5.02 Å². The minimum atomic E-state index is -0.551. The predicted molar refractivity (Wildman–Crippen MR) is 73.4 cm³/mol. The van der Waals surface area contributed by atoms with Gasteiger partial charge < -0.3 is 10.5 Å². The highest BCUT2D eigenvalue weighted by molar-refractivity contribution is 6.32. The Morgan fingerprint density at radius 1 is 1.40 bits per heavy atom. The lowest BCUT2D eigenvalue weighted by molar-refractivity contribution is -0.384. The van der Waals surface area contributed by atoms with Crippen molar-refractivity contribution in [2.75, 3.05) is 0 Å². The van der Waals surface area contributed by atoms with Gasteiger partial charge in [0.15, 0.2) is 0 Å². The summed E-state index contributed by atoms with van der Waals surface area (Å²) in [7, 11) is 0. The SMILES string of the molecule is N=C(N)c1ccnc(Oc2ccc([N+](=O)[O-])cc2Cl)c1. The quantitative estimate of drug-likeness (QED) is 0.389. The van der Waals surface area contributed by atoms with E-state index in [-0.39, 0.29) is 28.2 Å². The maximum Gasteiger partial charge on any atom is 0.271 e. The topological polar surface area (TPSA) is 115 Å². The molecular formula is C12H9ClN4O3. The number of nitrogen functional groups attached to an aromatic ring is 1. The zero-order valence-electron chi connectivity index (χ0n) is 10.0. The molecule has 0 aliphatic carbocycles. The van der Waals surface area contributed by atoms with Crippen molar-refractivity contribution >= 4 is 23.1 Å². The summed E-state index contributed by atoms with van der Waals surface area (Å²) in [5, 5.41) is 18.0. The fraction of sp³-hybridized carbons (Fsp3) is 0. The number of hydrogen-bond acceptors (Lipinski definition) is 5. The highest BCUT2D eigenvalue weighted by Crippen LogP contribution is 2.31. The predicted octanol–water partition coefficient (Wildman–Crippen LogP) is 2.72. The van der Waals surface area contributed by atoms with Crippen molar-refractivity contribution in [3.05, 3.63) is 57.2 Å². The number of benzene rings is 1. The molecule has 1 aromatic heterocycles. The molecule has 0 aliphatic rings. The third-order valence-electron chi connectivity index (χ3n) is 2.39. The van der Waals surface area contributed by atoms with Gasteiger partial charge in [0.1, 0.15) is 11.6 Å². The lowest BCUT2D eigenvalue weighted by Crippen LogP contribution is -2.11. The highest BCUT2D eigenvalue weighted by atomic mass is 35.5. The number of pyridine rings is 1. The van der Waals surface area contributed by atoms with E-state index in [0.29, 0.717) is 5.56 Å². The van der Waals surface area contributed by atoms with Gasteiger partial charge in [-0.3, -0.25) is 15.5 Å². The number of ether oxygens (including phenoxy) is 1. The number of rotatable bonds is 4. The third kappa shape index (κ3) is 3.01. The summed E-state index contributed by atoms with van der Waals surface area (Å²) in [6, 6.07) is 6.87. The normalized spacial score (nSPS) is 10.1. The lowest BCUT2D eigenvalue weighted by Gasteiger charge is -2.07. The second kappa shape index (κ2) is 5.54. The van der Waals surface area contributed by atoms with Crippen molar-refractivity contribution in [2.24, 2.45) is 5.73 Å². The highest BCUT2D eigenvalue weighted by Gasteiger charge is 2.11. The minimum absolute atomic E-state index is 0.0919. The molecule has 0 unspecified atom stereocenters. The second-order valence-electron chi connectivity index (χ2n) is 3.77. The number of nitro benzene ring substituents is 1. The average molecular weight is 293 g/mol. The smallest absolute Gasteiger partial charge is 0.271 e. The van der Waals surface area contributed by atoms with Gasteiger partial charge in [-0.1, -0.05) is 11.6 Å². The zero-order valence-corrected chi connectivity index (χ0v) is 10.8. The largest absolute Gasteiger partial charge is 0.437 e. The number of nitrogens with zero attached hydrogens (tertiary/aromatic N) is 2. The van der Waals surface area contributed by atoms with E-state index in [1.54, 1.807) is 6.07 Å². The summed E-state index contributed by atoms with van der Waals surface area (Å²) in [6.07, 6.45) is 1.44. The lowest BCUT2D eigenvalue weighted by atomic mass is 10.2. The van der Waals surface area contributed by atoms with Gasteiger partial charge in [-0.15, -0.1) is 0 Å². The number of nitro groups is 1. The van der Waals surface area contributed by atoms with Crippen LogP contribution in [0.5, 0.6) is 11.6 Å². The Bertz CT molecular complexity index is 690. The molecule has 1 aromatic carbocycles. The van der Waals surface area contributed by atoms with Crippen LogP contribution in [-0.4, -0.2) is 15.7 Å². The number of aromatic nitrogens is 1. The maximum absolute atomic E-state index is 10.6. The molecule has 8 heteroatoms. The van der Waals surface area contributed by atoms with E-state index in [4.69, 9.17) is 27.5 Å². The summed E-state index contributed by atoms with van der Waals surface area (Å²) >= 11 is 5.90. The molecule has 0 bridgehead atoms. The van der Waals surface area contributed by atoms with E-state index >= 15 is 0 Å². The molecule has 0 atom stereocenters. The van der Waals surface area contributed by atoms with Crippen LogP contribution < -0.4 is 10.5 Å².